The Morgan fingerprint density at radius 2 is 1.74 bits per heavy atom. The fourth-order valence-corrected chi connectivity index (χ4v) is 1.74. The Balaban J connectivity index is 3.74. The van der Waals surface area contributed by atoms with Gasteiger partial charge in [-0.2, -0.15) is 0 Å². The highest BCUT2D eigenvalue weighted by atomic mass is 16.5. The van der Waals surface area contributed by atoms with E-state index in [0.29, 0.717) is 6.54 Å². The lowest BCUT2D eigenvalue weighted by molar-refractivity contribution is -0.138. The summed E-state index contributed by atoms with van der Waals surface area (Å²) in [6.07, 6.45) is 7.11. The molecule has 0 rings (SSSR count). The van der Waals surface area contributed by atoms with E-state index in [0.717, 1.165) is 12.8 Å². The van der Waals surface area contributed by atoms with Crippen LogP contribution in [0.15, 0.2) is 12.2 Å². The maximum Gasteiger partial charge on any atom is 0.333 e. The van der Waals surface area contributed by atoms with Crippen molar-refractivity contribution >= 4 is 11.9 Å². The fourth-order valence-electron chi connectivity index (χ4n) is 1.74. The van der Waals surface area contributed by atoms with Crippen LogP contribution in [-0.2, 0) is 14.3 Å². The van der Waals surface area contributed by atoms with E-state index >= 15 is 0 Å². The molecule has 0 heterocycles. The van der Waals surface area contributed by atoms with Gasteiger partial charge in [0.05, 0.1) is 13.0 Å². The van der Waals surface area contributed by atoms with Crippen molar-refractivity contribution < 1.29 is 14.3 Å². The number of carbonyl (C=O) groups excluding carboxylic acids is 2. The molecular weight excluding hydrogens is 242 g/mol. The summed E-state index contributed by atoms with van der Waals surface area (Å²) in [6, 6.07) is 0. The first-order valence-electron chi connectivity index (χ1n) is 7.09. The van der Waals surface area contributed by atoms with Crippen LogP contribution in [0.2, 0.25) is 0 Å². The van der Waals surface area contributed by atoms with Crippen molar-refractivity contribution in [3.05, 3.63) is 12.2 Å². The third kappa shape index (κ3) is 7.65. The summed E-state index contributed by atoms with van der Waals surface area (Å²) in [6.45, 7) is 8.10. The molecule has 19 heavy (non-hydrogen) atoms. The number of hydrogen-bond donors (Lipinski definition) is 1. The van der Waals surface area contributed by atoms with Crippen LogP contribution in [0.4, 0.5) is 0 Å². The van der Waals surface area contributed by atoms with Gasteiger partial charge >= 0.3 is 5.97 Å². The number of nitrogens with one attached hydrogen (secondary N) is 1. The van der Waals surface area contributed by atoms with Gasteiger partial charge in [0.25, 0.3) is 0 Å². The number of amides is 1. The van der Waals surface area contributed by atoms with E-state index in [-0.39, 0.29) is 11.5 Å². The van der Waals surface area contributed by atoms with Gasteiger partial charge in [0.2, 0.25) is 5.91 Å². The van der Waals surface area contributed by atoms with Gasteiger partial charge in [-0.1, -0.05) is 45.6 Å². The molecule has 0 saturated heterocycles. The van der Waals surface area contributed by atoms with Crippen molar-refractivity contribution in [1.29, 1.82) is 0 Å². The molecule has 0 aliphatic heterocycles. The molecule has 4 heteroatoms. The average Bonchev–Trinajstić information content (AvgIpc) is 2.43. The Morgan fingerprint density at radius 3 is 2.32 bits per heavy atom. The molecule has 1 unspecified atom stereocenters. The Hall–Kier alpha value is -1.32. The minimum atomic E-state index is -0.535. The van der Waals surface area contributed by atoms with E-state index < -0.39 is 11.9 Å². The zero-order valence-electron chi connectivity index (χ0n) is 12.5. The number of hydrogen-bond acceptors (Lipinski definition) is 3. The Labute approximate surface area is 116 Å². The highest BCUT2D eigenvalue weighted by molar-refractivity contribution is 5.96. The number of esters is 1. The molecule has 0 spiro atoms. The summed E-state index contributed by atoms with van der Waals surface area (Å²) in [5.41, 5.74) is 0.197. The fraction of sp³-hybridized carbons (Fsp3) is 0.733. The summed E-state index contributed by atoms with van der Waals surface area (Å²) in [5, 5.41) is 2.83. The molecule has 0 fully saturated rings. The van der Waals surface area contributed by atoms with Crippen LogP contribution in [0, 0.1) is 5.92 Å². The van der Waals surface area contributed by atoms with E-state index in [1.165, 1.54) is 32.8 Å². The van der Waals surface area contributed by atoms with Gasteiger partial charge in [0.15, 0.2) is 0 Å². The average molecular weight is 269 g/mol. The smallest absolute Gasteiger partial charge is 0.333 e. The SMILES string of the molecule is C=C(C(=O)OC)C(C)C(=O)NCCCCCCCC. The lowest BCUT2D eigenvalue weighted by Crippen LogP contribution is -2.32. The number of methoxy groups -OCH3 is 1. The molecule has 1 atom stereocenters. The van der Waals surface area contributed by atoms with Crippen LogP contribution < -0.4 is 5.32 Å². The zero-order chi connectivity index (χ0) is 14.7. The van der Waals surface area contributed by atoms with Gasteiger partial charge < -0.3 is 10.1 Å². The lowest BCUT2D eigenvalue weighted by Gasteiger charge is -2.13. The van der Waals surface area contributed by atoms with E-state index in [9.17, 15) is 9.59 Å². The second-order valence-electron chi connectivity index (χ2n) is 4.80. The topological polar surface area (TPSA) is 55.4 Å². The van der Waals surface area contributed by atoms with Crippen LogP contribution in [0.1, 0.15) is 52.4 Å². The lowest BCUT2D eigenvalue weighted by atomic mass is 10.0. The van der Waals surface area contributed by atoms with Gasteiger partial charge in [-0.25, -0.2) is 4.79 Å². The molecule has 0 saturated carbocycles. The van der Waals surface area contributed by atoms with E-state index in [1.807, 2.05) is 0 Å². The van der Waals surface area contributed by atoms with E-state index in [2.05, 4.69) is 23.6 Å². The first-order valence-corrected chi connectivity index (χ1v) is 7.09. The number of carbonyl (C=O) groups is 2. The predicted molar refractivity (Wildman–Crippen MR) is 76.7 cm³/mol. The maximum atomic E-state index is 11.8. The van der Waals surface area contributed by atoms with Gasteiger partial charge in [-0.15, -0.1) is 0 Å². The van der Waals surface area contributed by atoms with Crippen LogP contribution in [0.25, 0.3) is 0 Å². The molecular formula is C15H27NO3. The maximum absolute atomic E-state index is 11.8. The summed E-state index contributed by atoms with van der Waals surface area (Å²) >= 11 is 0. The predicted octanol–water partition coefficient (Wildman–Crippen LogP) is 2.83. The Kier molecular flexibility index (Phi) is 9.85. The second-order valence-corrected chi connectivity index (χ2v) is 4.80. The molecule has 1 amide bonds. The summed E-state index contributed by atoms with van der Waals surface area (Å²) in [4.78, 5) is 23.0. The summed E-state index contributed by atoms with van der Waals surface area (Å²) < 4.78 is 4.55. The second kappa shape index (κ2) is 10.6. The molecule has 0 aliphatic carbocycles. The Bertz CT molecular complexity index is 300. The van der Waals surface area contributed by atoms with E-state index in [4.69, 9.17) is 0 Å². The van der Waals surface area contributed by atoms with Crippen molar-refractivity contribution in [2.45, 2.75) is 52.4 Å². The zero-order valence-corrected chi connectivity index (χ0v) is 12.5. The first kappa shape index (κ1) is 17.7. The third-order valence-corrected chi connectivity index (χ3v) is 3.19. The largest absolute Gasteiger partial charge is 0.466 e. The highest BCUT2D eigenvalue weighted by Gasteiger charge is 2.21. The minimum absolute atomic E-state index is 0.163. The molecule has 0 aromatic rings. The van der Waals surface area contributed by atoms with Gasteiger partial charge in [-0.3, -0.25) is 4.79 Å². The Morgan fingerprint density at radius 1 is 1.16 bits per heavy atom. The monoisotopic (exact) mass is 269 g/mol. The van der Waals surface area contributed by atoms with Crippen molar-refractivity contribution in [1.82, 2.24) is 5.32 Å². The molecule has 110 valence electrons. The first-order chi connectivity index (χ1) is 9.04. The molecule has 0 aliphatic rings. The molecule has 1 N–H and O–H groups in total. The van der Waals surface area contributed by atoms with Crippen LogP contribution in [-0.4, -0.2) is 25.5 Å². The van der Waals surface area contributed by atoms with Gasteiger partial charge in [0.1, 0.15) is 0 Å². The van der Waals surface area contributed by atoms with Crippen molar-refractivity contribution in [3.8, 4) is 0 Å². The number of rotatable bonds is 10. The summed E-state index contributed by atoms with van der Waals surface area (Å²) in [7, 11) is 1.29. The standard InChI is InChI=1S/C15H27NO3/c1-5-6-7-8-9-10-11-16-14(17)12(2)13(3)15(18)19-4/h12H,3,5-11H2,1-2,4H3,(H,16,17). The highest BCUT2D eigenvalue weighted by Crippen LogP contribution is 2.10. The van der Waals surface area contributed by atoms with Crippen LogP contribution >= 0.6 is 0 Å². The van der Waals surface area contributed by atoms with E-state index in [1.54, 1.807) is 6.92 Å². The van der Waals surface area contributed by atoms with Gasteiger partial charge in [0, 0.05) is 12.1 Å². The molecule has 4 nitrogen and oxygen atoms in total. The number of unbranched alkanes of at least 4 members (excludes halogenated alkanes) is 5. The number of ether oxygens (including phenoxy) is 1. The molecule has 0 radical (unpaired) electrons. The van der Waals surface area contributed by atoms with Crippen molar-refractivity contribution in [3.63, 3.8) is 0 Å². The normalized spacial score (nSPS) is 11.7. The molecule has 0 bridgehead atoms. The summed E-state index contributed by atoms with van der Waals surface area (Å²) in [5.74, 6) is -1.22. The van der Waals surface area contributed by atoms with Crippen LogP contribution in [0.5, 0.6) is 0 Å². The van der Waals surface area contributed by atoms with Crippen molar-refractivity contribution in [2.24, 2.45) is 5.92 Å². The quantitative estimate of drug-likeness (QED) is 0.377. The molecule has 0 aromatic carbocycles. The minimum Gasteiger partial charge on any atom is -0.466 e. The van der Waals surface area contributed by atoms with Crippen LogP contribution in [0.3, 0.4) is 0 Å². The van der Waals surface area contributed by atoms with Crippen molar-refractivity contribution in [2.75, 3.05) is 13.7 Å². The van der Waals surface area contributed by atoms with Gasteiger partial charge in [-0.05, 0) is 13.3 Å². The third-order valence-electron chi connectivity index (χ3n) is 3.19. The molecule has 0 aromatic heterocycles.